The lowest BCUT2D eigenvalue weighted by atomic mass is 9.80. The van der Waals surface area contributed by atoms with Crippen LogP contribution in [0.4, 0.5) is 5.82 Å². The molecule has 1 N–H and O–H groups in total. The summed E-state index contributed by atoms with van der Waals surface area (Å²) in [5.74, 6) is 1.92. The summed E-state index contributed by atoms with van der Waals surface area (Å²) in [5, 5.41) is 3.46. The van der Waals surface area contributed by atoms with Gasteiger partial charge >= 0.3 is 0 Å². The van der Waals surface area contributed by atoms with Gasteiger partial charge < -0.3 is 10.2 Å². The van der Waals surface area contributed by atoms with Crippen LogP contribution in [0.5, 0.6) is 0 Å². The predicted octanol–water partition coefficient (Wildman–Crippen LogP) is 3.45. The lowest BCUT2D eigenvalue weighted by molar-refractivity contribution is 0.263. The summed E-state index contributed by atoms with van der Waals surface area (Å²) < 4.78 is 0. The highest BCUT2D eigenvalue weighted by Gasteiger charge is 2.32. The Kier molecular flexibility index (Phi) is 5.03. The van der Waals surface area contributed by atoms with Crippen molar-refractivity contribution >= 4 is 5.82 Å². The number of hydrogen-bond donors (Lipinski definition) is 1. The molecule has 0 saturated carbocycles. The van der Waals surface area contributed by atoms with E-state index in [1.54, 1.807) is 0 Å². The van der Waals surface area contributed by atoms with Crippen LogP contribution in [-0.2, 0) is 6.54 Å². The second kappa shape index (κ2) is 6.57. The average molecular weight is 275 g/mol. The van der Waals surface area contributed by atoms with Crippen molar-refractivity contribution in [2.75, 3.05) is 24.5 Å². The maximum atomic E-state index is 4.56. The van der Waals surface area contributed by atoms with Crippen molar-refractivity contribution in [3.05, 3.63) is 23.9 Å². The molecule has 0 radical (unpaired) electrons. The summed E-state index contributed by atoms with van der Waals surface area (Å²) in [6.07, 6.45) is 4.41. The number of nitrogens with zero attached hydrogens (tertiary/aromatic N) is 2. The van der Waals surface area contributed by atoms with Gasteiger partial charge in [-0.15, -0.1) is 0 Å². The monoisotopic (exact) mass is 275 g/mol. The first-order valence-electron chi connectivity index (χ1n) is 7.91. The summed E-state index contributed by atoms with van der Waals surface area (Å²) in [6, 6.07) is 4.36. The zero-order valence-electron chi connectivity index (χ0n) is 13.4. The van der Waals surface area contributed by atoms with Gasteiger partial charge in [-0.1, -0.05) is 27.7 Å². The van der Waals surface area contributed by atoms with Crippen LogP contribution < -0.4 is 10.2 Å². The minimum absolute atomic E-state index is 0.398. The van der Waals surface area contributed by atoms with Crippen molar-refractivity contribution in [2.24, 2.45) is 11.3 Å². The lowest BCUT2D eigenvalue weighted by Crippen LogP contribution is -2.26. The molecule has 1 unspecified atom stereocenters. The first-order chi connectivity index (χ1) is 9.50. The van der Waals surface area contributed by atoms with Crippen LogP contribution in [0.25, 0.3) is 0 Å². The molecule has 3 heteroatoms. The fraction of sp³-hybridized carbons (Fsp3) is 0.706. The van der Waals surface area contributed by atoms with Gasteiger partial charge in [0.1, 0.15) is 5.82 Å². The highest BCUT2D eigenvalue weighted by molar-refractivity contribution is 5.42. The van der Waals surface area contributed by atoms with E-state index in [0.29, 0.717) is 5.41 Å². The van der Waals surface area contributed by atoms with E-state index in [9.17, 15) is 0 Å². The Bertz CT molecular complexity index is 422. The SMILES string of the molecule is CCCNCc1ccnc(N2CCC(C(C)(C)C)C2)c1. The summed E-state index contributed by atoms with van der Waals surface area (Å²) in [4.78, 5) is 7.01. The van der Waals surface area contributed by atoms with Gasteiger partial charge in [0.2, 0.25) is 0 Å². The third-order valence-electron chi connectivity index (χ3n) is 4.30. The maximum absolute atomic E-state index is 4.56. The molecule has 1 saturated heterocycles. The predicted molar refractivity (Wildman–Crippen MR) is 86.0 cm³/mol. The molecule has 3 nitrogen and oxygen atoms in total. The van der Waals surface area contributed by atoms with E-state index in [-0.39, 0.29) is 0 Å². The zero-order chi connectivity index (χ0) is 14.6. The molecule has 0 bridgehead atoms. The molecule has 1 aliphatic heterocycles. The van der Waals surface area contributed by atoms with Gasteiger partial charge in [-0.05, 0) is 48.4 Å². The molecule has 0 aromatic carbocycles. The smallest absolute Gasteiger partial charge is 0.128 e. The van der Waals surface area contributed by atoms with E-state index in [2.05, 4.69) is 55.0 Å². The van der Waals surface area contributed by atoms with E-state index >= 15 is 0 Å². The van der Waals surface area contributed by atoms with Crippen molar-refractivity contribution in [3.63, 3.8) is 0 Å². The van der Waals surface area contributed by atoms with Crippen LogP contribution in [-0.4, -0.2) is 24.6 Å². The molecule has 112 valence electrons. The molecule has 0 aliphatic carbocycles. The summed E-state index contributed by atoms with van der Waals surface area (Å²) >= 11 is 0. The Balaban J connectivity index is 1.98. The molecule has 20 heavy (non-hydrogen) atoms. The van der Waals surface area contributed by atoms with Crippen LogP contribution in [0.15, 0.2) is 18.3 Å². The molecule has 2 rings (SSSR count). The van der Waals surface area contributed by atoms with Gasteiger partial charge in [0.05, 0.1) is 0 Å². The maximum Gasteiger partial charge on any atom is 0.128 e. The average Bonchev–Trinajstić information content (AvgIpc) is 2.89. The second-order valence-corrected chi connectivity index (χ2v) is 7.00. The fourth-order valence-electron chi connectivity index (χ4n) is 2.83. The molecular weight excluding hydrogens is 246 g/mol. The molecule has 1 aromatic rings. The number of aromatic nitrogens is 1. The van der Waals surface area contributed by atoms with Crippen molar-refractivity contribution in [1.82, 2.24) is 10.3 Å². The highest BCUT2D eigenvalue weighted by Crippen LogP contribution is 2.35. The Labute approximate surface area is 123 Å². The largest absolute Gasteiger partial charge is 0.356 e. The van der Waals surface area contributed by atoms with Gasteiger partial charge in [-0.25, -0.2) is 4.98 Å². The Morgan fingerprint density at radius 3 is 2.85 bits per heavy atom. The fourth-order valence-corrected chi connectivity index (χ4v) is 2.83. The van der Waals surface area contributed by atoms with Crippen LogP contribution in [0.2, 0.25) is 0 Å². The van der Waals surface area contributed by atoms with E-state index < -0.39 is 0 Å². The molecule has 1 fully saturated rings. The van der Waals surface area contributed by atoms with Gasteiger partial charge in [-0.3, -0.25) is 0 Å². The van der Waals surface area contributed by atoms with Crippen LogP contribution in [0.1, 0.15) is 46.1 Å². The summed E-state index contributed by atoms with van der Waals surface area (Å²) in [6.45, 7) is 13.5. The van der Waals surface area contributed by atoms with Gasteiger partial charge in [0.25, 0.3) is 0 Å². The third-order valence-corrected chi connectivity index (χ3v) is 4.30. The minimum Gasteiger partial charge on any atom is -0.356 e. The normalized spacial score (nSPS) is 19.6. The van der Waals surface area contributed by atoms with Gasteiger partial charge in [-0.2, -0.15) is 0 Å². The molecular formula is C17H29N3. The summed E-state index contributed by atoms with van der Waals surface area (Å²) in [7, 11) is 0. The highest BCUT2D eigenvalue weighted by atomic mass is 15.2. The van der Waals surface area contributed by atoms with Gasteiger partial charge in [0.15, 0.2) is 0 Å². The molecule has 0 amide bonds. The van der Waals surface area contributed by atoms with Crippen LogP contribution in [0.3, 0.4) is 0 Å². The third kappa shape index (κ3) is 3.95. The molecule has 1 aromatic heterocycles. The summed E-state index contributed by atoms with van der Waals surface area (Å²) in [5.41, 5.74) is 1.73. The van der Waals surface area contributed by atoms with Crippen LogP contribution in [0, 0.1) is 11.3 Å². The zero-order valence-corrected chi connectivity index (χ0v) is 13.4. The Morgan fingerprint density at radius 1 is 1.40 bits per heavy atom. The van der Waals surface area contributed by atoms with Gasteiger partial charge in [0, 0.05) is 25.8 Å². The molecule has 0 spiro atoms. The number of hydrogen-bond acceptors (Lipinski definition) is 3. The number of nitrogens with one attached hydrogen (secondary N) is 1. The number of anilines is 1. The van der Waals surface area contributed by atoms with E-state index in [4.69, 9.17) is 0 Å². The lowest BCUT2D eigenvalue weighted by Gasteiger charge is -2.27. The Morgan fingerprint density at radius 2 is 2.20 bits per heavy atom. The second-order valence-electron chi connectivity index (χ2n) is 7.00. The Hall–Kier alpha value is -1.09. The van der Waals surface area contributed by atoms with Crippen LogP contribution >= 0.6 is 0 Å². The first-order valence-corrected chi connectivity index (χ1v) is 7.91. The molecule has 2 heterocycles. The van der Waals surface area contributed by atoms with E-state index in [1.807, 2.05) is 6.20 Å². The number of rotatable bonds is 5. The van der Waals surface area contributed by atoms with Crippen molar-refractivity contribution in [2.45, 2.75) is 47.1 Å². The topological polar surface area (TPSA) is 28.2 Å². The van der Waals surface area contributed by atoms with Crippen molar-refractivity contribution in [1.29, 1.82) is 0 Å². The minimum atomic E-state index is 0.398. The van der Waals surface area contributed by atoms with E-state index in [0.717, 1.165) is 37.9 Å². The van der Waals surface area contributed by atoms with Crippen molar-refractivity contribution < 1.29 is 0 Å². The quantitative estimate of drug-likeness (QED) is 0.834. The molecule has 1 aliphatic rings. The van der Waals surface area contributed by atoms with Crippen molar-refractivity contribution in [3.8, 4) is 0 Å². The van der Waals surface area contributed by atoms with E-state index in [1.165, 1.54) is 18.4 Å². The standard InChI is InChI=1S/C17H29N3/c1-5-8-18-12-14-6-9-19-16(11-14)20-10-7-15(13-20)17(2,3)4/h6,9,11,15,18H,5,7-8,10,12-13H2,1-4H3. The molecule has 1 atom stereocenters. The first kappa shape index (κ1) is 15.3. The number of pyridine rings is 1.